The fourth-order valence-corrected chi connectivity index (χ4v) is 5.93. The number of unbranched alkanes of at least 4 members (excludes halogenated alkanes) is 8. The van der Waals surface area contributed by atoms with E-state index in [4.69, 9.17) is 9.05 Å². The maximum atomic E-state index is 12.8. The number of rotatable bonds is 36. The van der Waals surface area contributed by atoms with E-state index in [1.807, 2.05) is 40.2 Å². The molecule has 9 heteroatoms. The monoisotopic (exact) mass is 800 g/mol. The minimum absolute atomic E-state index is 0.0432. The number of nitrogens with zero attached hydrogens (tertiary/aromatic N) is 1. The number of quaternary nitrogens is 1. The second-order valence-electron chi connectivity index (χ2n) is 15.0. The summed E-state index contributed by atoms with van der Waals surface area (Å²) in [5.41, 5.74) is 0. The predicted molar refractivity (Wildman–Crippen MR) is 239 cm³/mol. The molecule has 0 aromatic rings. The standard InChI is InChI=1S/C47H79N2O6P/c1-6-8-10-12-14-16-17-18-19-20-21-22-23-24-25-26-27-28-29-30-31-33-35-37-39-41-47(51)48-45(44-55-56(52,53)54-43-42-49(3,4)5)46(50)40-38-36-34-32-15-13-11-9-7-2/h7-10,14-16,18-19,21-22,24-25,27-28,32,38,40,45-46,50H,6,11-13,17,20,23,26,29-31,33-37,39,41-44H2,1-5H3,(H-,48,51,52,53)/p+1/b9-7+,10-8-,16-14-,19-18-,22-21-,25-24-,28-27-,32-15+,40-38+. The van der Waals surface area contributed by atoms with Gasteiger partial charge in [-0.3, -0.25) is 13.8 Å². The number of phosphoric acid groups is 1. The van der Waals surface area contributed by atoms with Gasteiger partial charge in [0, 0.05) is 6.42 Å². The highest BCUT2D eigenvalue weighted by molar-refractivity contribution is 7.47. The van der Waals surface area contributed by atoms with Gasteiger partial charge < -0.3 is 19.8 Å². The number of carbonyl (C=O) groups excluding carboxylic acids is 1. The lowest BCUT2D eigenvalue weighted by Gasteiger charge is -2.25. The molecule has 0 aliphatic heterocycles. The molecular weight excluding hydrogens is 719 g/mol. The van der Waals surface area contributed by atoms with Gasteiger partial charge in [-0.15, -0.1) is 0 Å². The Balaban J connectivity index is 4.36. The molecule has 0 rings (SSSR count). The van der Waals surface area contributed by atoms with Gasteiger partial charge in [-0.05, 0) is 90.4 Å². The van der Waals surface area contributed by atoms with Crippen molar-refractivity contribution in [2.45, 2.75) is 142 Å². The SMILES string of the molecule is C/C=C/CC/C=C/CC/C=C/C(O)C(COP(=O)(O)OCC[N+](C)(C)C)NC(=O)CCCCCCCC/C=C\C/C=C\C/C=C\C/C=C\C/C=C\C/C=C\CC. The van der Waals surface area contributed by atoms with Gasteiger partial charge in [-0.1, -0.05) is 142 Å². The molecule has 0 heterocycles. The van der Waals surface area contributed by atoms with Crippen molar-refractivity contribution in [3.63, 3.8) is 0 Å². The van der Waals surface area contributed by atoms with Gasteiger partial charge in [0.2, 0.25) is 5.91 Å². The van der Waals surface area contributed by atoms with E-state index in [9.17, 15) is 19.4 Å². The van der Waals surface area contributed by atoms with E-state index in [0.29, 0.717) is 17.4 Å². The maximum Gasteiger partial charge on any atom is 0.472 e. The van der Waals surface area contributed by atoms with Crippen molar-refractivity contribution in [1.82, 2.24) is 5.32 Å². The lowest BCUT2D eigenvalue weighted by molar-refractivity contribution is -0.870. The first-order chi connectivity index (χ1) is 27.0. The third-order valence-electron chi connectivity index (χ3n) is 8.55. The first-order valence-electron chi connectivity index (χ1n) is 21.2. The van der Waals surface area contributed by atoms with Gasteiger partial charge in [-0.2, -0.15) is 0 Å². The molecule has 0 radical (unpaired) electrons. The molecular formula is C47H80N2O6P+. The number of likely N-dealkylation sites (N-methyl/N-ethyl adjacent to an activating group) is 1. The van der Waals surface area contributed by atoms with Gasteiger partial charge in [0.1, 0.15) is 13.2 Å². The van der Waals surface area contributed by atoms with Crippen LogP contribution in [0.25, 0.3) is 0 Å². The Hall–Kier alpha value is -2.84. The number of aliphatic hydroxyl groups excluding tert-OH is 1. The van der Waals surface area contributed by atoms with Crippen LogP contribution in [0.5, 0.6) is 0 Å². The van der Waals surface area contributed by atoms with Crippen LogP contribution in [0.2, 0.25) is 0 Å². The summed E-state index contributed by atoms with van der Waals surface area (Å²) in [4.78, 5) is 23.0. The number of amides is 1. The Kier molecular flexibility index (Phi) is 35.8. The zero-order valence-corrected chi connectivity index (χ0v) is 36.7. The van der Waals surface area contributed by atoms with E-state index in [0.717, 1.165) is 103 Å². The Bertz CT molecular complexity index is 1270. The van der Waals surface area contributed by atoms with Crippen LogP contribution >= 0.6 is 7.82 Å². The second kappa shape index (κ2) is 37.7. The third kappa shape index (κ3) is 39.4. The van der Waals surface area contributed by atoms with E-state index < -0.39 is 20.0 Å². The number of allylic oxidation sites excluding steroid dienone is 17. The summed E-state index contributed by atoms with van der Waals surface area (Å²) in [6, 6.07) is -0.883. The third-order valence-corrected chi connectivity index (χ3v) is 9.53. The number of nitrogens with one attached hydrogen (secondary N) is 1. The van der Waals surface area contributed by atoms with Crippen molar-refractivity contribution in [1.29, 1.82) is 0 Å². The molecule has 8 nitrogen and oxygen atoms in total. The van der Waals surface area contributed by atoms with Crippen LogP contribution in [0.3, 0.4) is 0 Å². The van der Waals surface area contributed by atoms with Gasteiger partial charge >= 0.3 is 7.82 Å². The molecule has 0 fully saturated rings. The van der Waals surface area contributed by atoms with E-state index in [2.05, 4.69) is 103 Å². The van der Waals surface area contributed by atoms with Gasteiger partial charge in [0.05, 0.1) is 39.9 Å². The molecule has 318 valence electrons. The van der Waals surface area contributed by atoms with Gasteiger partial charge in [-0.25, -0.2) is 4.57 Å². The molecule has 0 aromatic carbocycles. The normalized spacial score (nSPS) is 15.5. The Morgan fingerprint density at radius 2 is 1.11 bits per heavy atom. The highest BCUT2D eigenvalue weighted by Crippen LogP contribution is 2.43. The molecule has 56 heavy (non-hydrogen) atoms. The predicted octanol–water partition coefficient (Wildman–Crippen LogP) is 11.7. The lowest BCUT2D eigenvalue weighted by atomic mass is 10.1. The highest BCUT2D eigenvalue weighted by atomic mass is 31.2. The van der Waals surface area contributed by atoms with E-state index in [1.54, 1.807) is 6.08 Å². The topological polar surface area (TPSA) is 105 Å². The number of phosphoric ester groups is 1. The van der Waals surface area contributed by atoms with Crippen LogP contribution in [-0.4, -0.2) is 73.4 Å². The number of hydrogen-bond donors (Lipinski definition) is 3. The first-order valence-corrected chi connectivity index (χ1v) is 22.7. The van der Waals surface area contributed by atoms with Crippen LogP contribution in [0.4, 0.5) is 0 Å². The van der Waals surface area contributed by atoms with Crippen molar-refractivity contribution < 1.29 is 32.9 Å². The smallest absolute Gasteiger partial charge is 0.387 e. The molecule has 0 spiro atoms. The molecule has 3 unspecified atom stereocenters. The quantitative estimate of drug-likeness (QED) is 0.0252. The lowest BCUT2D eigenvalue weighted by Crippen LogP contribution is -2.45. The zero-order valence-electron chi connectivity index (χ0n) is 35.8. The van der Waals surface area contributed by atoms with Crippen LogP contribution in [0.15, 0.2) is 109 Å². The van der Waals surface area contributed by atoms with Crippen molar-refractivity contribution in [2.75, 3.05) is 40.9 Å². The first kappa shape index (κ1) is 53.2. The van der Waals surface area contributed by atoms with Crippen LogP contribution in [0, 0.1) is 0 Å². The van der Waals surface area contributed by atoms with E-state index in [1.165, 1.54) is 6.42 Å². The van der Waals surface area contributed by atoms with Crippen molar-refractivity contribution in [3.05, 3.63) is 109 Å². The van der Waals surface area contributed by atoms with Crippen molar-refractivity contribution in [3.8, 4) is 0 Å². The molecule has 3 atom stereocenters. The highest BCUT2D eigenvalue weighted by Gasteiger charge is 2.27. The average Bonchev–Trinajstić information content (AvgIpc) is 3.15. The minimum Gasteiger partial charge on any atom is -0.387 e. The Labute approximate surface area is 342 Å². The van der Waals surface area contributed by atoms with E-state index in [-0.39, 0.29) is 19.1 Å². The molecule has 0 aliphatic rings. The maximum absolute atomic E-state index is 12.8. The summed E-state index contributed by atoms with van der Waals surface area (Å²) in [6.07, 6.45) is 54.7. The molecule has 1 amide bonds. The van der Waals surface area contributed by atoms with Crippen LogP contribution < -0.4 is 5.32 Å². The van der Waals surface area contributed by atoms with Crippen molar-refractivity contribution in [2.24, 2.45) is 0 Å². The minimum atomic E-state index is -4.35. The molecule has 0 aliphatic carbocycles. The summed E-state index contributed by atoms with van der Waals surface area (Å²) in [5.74, 6) is -0.216. The Morgan fingerprint density at radius 3 is 1.64 bits per heavy atom. The summed E-state index contributed by atoms with van der Waals surface area (Å²) < 4.78 is 23.4. The van der Waals surface area contributed by atoms with E-state index >= 15 is 0 Å². The summed E-state index contributed by atoms with van der Waals surface area (Å²) >= 11 is 0. The van der Waals surface area contributed by atoms with Gasteiger partial charge in [0.25, 0.3) is 0 Å². The molecule has 0 bridgehead atoms. The van der Waals surface area contributed by atoms with Crippen molar-refractivity contribution >= 4 is 13.7 Å². The molecule has 0 saturated carbocycles. The summed E-state index contributed by atoms with van der Waals surface area (Å²) in [6.45, 7) is 4.38. The largest absolute Gasteiger partial charge is 0.472 e. The molecule has 3 N–H and O–H groups in total. The number of hydrogen-bond acceptors (Lipinski definition) is 5. The summed E-state index contributed by atoms with van der Waals surface area (Å²) in [7, 11) is 1.51. The average molecular weight is 800 g/mol. The number of aliphatic hydroxyl groups is 1. The fraction of sp³-hybridized carbons (Fsp3) is 0.596. The van der Waals surface area contributed by atoms with Crippen LogP contribution in [-0.2, 0) is 18.4 Å². The molecule has 0 saturated heterocycles. The van der Waals surface area contributed by atoms with Crippen LogP contribution in [0.1, 0.15) is 129 Å². The van der Waals surface area contributed by atoms with Gasteiger partial charge in [0.15, 0.2) is 0 Å². The Morgan fingerprint density at radius 1 is 0.643 bits per heavy atom. The second-order valence-corrected chi connectivity index (χ2v) is 16.4. The zero-order chi connectivity index (χ0) is 41.4. The summed E-state index contributed by atoms with van der Waals surface area (Å²) in [5, 5.41) is 13.7. The fourth-order valence-electron chi connectivity index (χ4n) is 5.20. The number of carbonyl (C=O) groups is 1. The molecule has 0 aromatic heterocycles.